The molecule has 0 radical (unpaired) electrons. The maximum absolute atomic E-state index is 12.5. The van der Waals surface area contributed by atoms with Crippen LogP contribution in [0.3, 0.4) is 0 Å². The lowest BCUT2D eigenvalue weighted by Crippen LogP contribution is -2.29. The highest BCUT2D eigenvalue weighted by Gasteiger charge is 2.25. The van der Waals surface area contributed by atoms with E-state index in [1.807, 2.05) is 0 Å². The molecule has 0 bridgehead atoms. The summed E-state index contributed by atoms with van der Waals surface area (Å²) in [7, 11) is -4.29. The van der Waals surface area contributed by atoms with Gasteiger partial charge in [-0.1, -0.05) is 119 Å². The van der Waals surface area contributed by atoms with E-state index >= 15 is 0 Å². The molecule has 9 heteroatoms. The monoisotopic (exact) mass is 706 g/mol. The maximum atomic E-state index is 12.5. The van der Waals surface area contributed by atoms with Crippen molar-refractivity contribution < 1.29 is 37.6 Å². The number of ether oxygens (including phenoxy) is 2. The number of phosphoric ester groups is 1. The smallest absolute Gasteiger partial charge is 0.462 e. The van der Waals surface area contributed by atoms with Crippen LogP contribution in [0.4, 0.5) is 0 Å². The molecule has 0 spiro atoms. The van der Waals surface area contributed by atoms with Crippen molar-refractivity contribution in [1.29, 1.82) is 0 Å². The molecule has 2 atom stereocenters. The number of esters is 2. The molecule has 0 aliphatic heterocycles. The minimum Gasteiger partial charge on any atom is -0.462 e. The summed E-state index contributed by atoms with van der Waals surface area (Å²) < 4.78 is 32.4. The summed E-state index contributed by atoms with van der Waals surface area (Å²) >= 11 is 0. The van der Waals surface area contributed by atoms with Crippen LogP contribution in [0, 0.1) is 0 Å². The van der Waals surface area contributed by atoms with Crippen molar-refractivity contribution in [1.82, 2.24) is 0 Å². The molecular weight excluding hydrogens is 639 g/mol. The number of hydrogen-bond acceptors (Lipinski definition) is 7. The predicted molar refractivity (Wildman–Crippen MR) is 202 cm³/mol. The maximum Gasteiger partial charge on any atom is 0.472 e. The van der Waals surface area contributed by atoms with Gasteiger partial charge in [0, 0.05) is 12.8 Å². The molecule has 0 aromatic rings. The summed E-state index contributed by atoms with van der Waals surface area (Å²) in [6.07, 6.45) is 42.5. The Morgan fingerprint density at radius 3 is 1.61 bits per heavy atom. The third kappa shape index (κ3) is 35.1. The van der Waals surface area contributed by atoms with Crippen molar-refractivity contribution >= 4 is 19.8 Å². The Balaban J connectivity index is 4.24. The van der Waals surface area contributed by atoms with Gasteiger partial charge in [0.2, 0.25) is 0 Å². The van der Waals surface area contributed by atoms with Gasteiger partial charge < -0.3 is 14.4 Å². The molecule has 0 fully saturated rings. The van der Waals surface area contributed by atoms with Crippen LogP contribution >= 0.6 is 7.82 Å². The van der Waals surface area contributed by atoms with Crippen molar-refractivity contribution in [3.63, 3.8) is 0 Å². The third-order valence-electron chi connectivity index (χ3n) is 7.23. The number of phosphoric acid groups is 1. The zero-order valence-corrected chi connectivity index (χ0v) is 31.7. The summed E-state index contributed by atoms with van der Waals surface area (Å²) in [5.41, 5.74) is 0. The highest BCUT2D eigenvalue weighted by Crippen LogP contribution is 2.43. The van der Waals surface area contributed by atoms with Crippen LogP contribution < -0.4 is 0 Å². The molecule has 0 rings (SSSR count). The standard InChI is InChI=1S/C40H67O8P/c1-4-7-9-11-13-15-17-18-19-20-21-22-23-24-25-27-29-31-33-35-40(42)48-38(37-47-49(43,44)46-6-3)36-45-39(41)34-32-30-28-26-16-14-12-10-8-5-2/h7,9-10,12-13,15,18-19,21-22,24-25,38H,4-6,8,11,14,16-17,20,23,26-37H2,1-3H3,(H,43,44)/b9-7-,12-10-,15-13-,19-18-,22-21-,25-24-. The van der Waals surface area contributed by atoms with Gasteiger partial charge in [-0.15, -0.1) is 0 Å². The lowest BCUT2D eigenvalue weighted by molar-refractivity contribution is -0.161. The summed E-state index contributed by atoms with van der Waals surface area (Å²) in [6, 6.07) is 0. The number of allylic oxidation sites excluding steroid dienone is 12. The van der Waals surface area contributed by atoms with Crippen LogP contribution in [0.2, 0.25) is 0 Å². The molecule has 8 nitrogen and oxygen atoms in total. The zero-order valence-electron chi connectivity index (χ0n) is 30.8. The Bertz CT molecular complexity index is 1030. The van der Waals surface area contributed by atoms with Crippen LogP contribution in [-0.4, -0.2) is 42.8 Å². The van der Waals surface area contributed by atoms with Crippen molar-refractivity contribution in [2.24, 2.45) is 0 Å². The second-order valence-corrected chi connectivity index (χ2v) is 13.3. The van der Waals surface area contributed by atoms with E-state index in [0.29, 0.717) is 6.42 Å². The molecule has 2 unspecified atom stereocenters. The van der Waals surface area contributed by atoms with Gasteiger partial charge in [0.25, 0.3) is 0 Å². The lowest BCUT2D eigenvalue weighted by Gasteiger charge is -2.19. The van der Waals surface area contributed by atoms with E-state index < -0.39 is 32.5 Å². The first-order valence-electron chi connectivity index (χ1n) is 18.7. The first-order chi connectivity index (χ1) is 23.8. The molecule has 1 N–H and O–H groups in total. The molecule has 0 aromatic carbocycles. The summed E-state index contributed by atoms with van der Waals surface area (Å²) in [6.45, 7) is 5.21. The van der Waals surface area contributed by atoms with Gasteiger partial charge in [-0.2, -0.15) is 0 Å². The Hall–Kier alpha value is -2.51. The third-order valence-corrected chi connectivity index (χ3v) is 8.29. The second kappa shape index (κ2) is 35.3. The fraction of sp³-hybridized carbons (Fsp3) is 0.650. The van der Waals surface area contributed by atoms with Gasteiger partial charge in [-0.25, -0.2) is 4.57 Å². The highest BCUT2D eigenvalue weighted by molar-refractivity contribution is 7.47. The number of carbonyl (C=O) groups excluding carboxylic acids is 2. The minimum atomic E-state index is -4.29. The van der Waals surface area contributed by atoms with Gasteiger partial charge in [0.15, 0.2) is 6.10 Å². The largest absolute Gasteiger partial charge is 0.472 e. The van der Waals surface area contributed by atoms with Crippen LogP contribution in [0.1, 0.15) is 143 Å². The SMILES string of the molecule is CC/C=C\C/C=C\C/C=C\C/C=C\C/C=C\CCCCCC(=O)OC(COC(=O)CCCCCCC/C=C\CCC)COP(=O)(O)OCC. The number of rotatable bonds is 33. The van der Waals surface area contributed by atoms with Crippen molar-refractivity contribution in [2.45, 2.75) is 149 Å². The van der Waals surface area contributed by atoms with Gasteiger partial charge in [0.05, 0.1) is 13.2 Å². The first kappa shape index (κ1) is 46.5. The van der Waals surface area contributed by atoms with E-state index in [1.54, 1.807) is 6.92 Å². The van der Waals surface area contributed by atoms with Crippen LogP contribution in [-0.2, 0) is 32.7 Å². The average molecular weight is 707 g/mol. The van der Waals surface area contributed by atoms with Crippen molar-refractivity contribution in [2.75, 3.05) is 19.8 Å². The predicted octanol–water partition coefficient (Wildman–Crippen LogP) is 11.4. The summed E-state index contributed by atoms with van der Waals surface area (Å²) in [5.74, 6) is -0.858. The van der Waals surface area contributed by atoms with Crippen LogP contribution in [0.15, 0.2) is 72.9 Å². The molecule has 0 amide bonds. The number of unbranched alkanes of at least 4 members (excludes halogenated alkanes) is 9. The fourth-order valence-electron chi connectivity index (χ4n) is 4.54. The van der Waals surface area contributed by atoms with Gasteiger partial charge in [-0.05, 0) is 84.0 Å². The highest BCUT2D eigenvalue weighted by atomic mass is 31.2. The Labute approximate surface area is 298 Å². The molecule has 280 valence electrons. The zero-order chi connectivity index (χ0) is 36.1. The second-order valence-electron chi connectivity index (χ2n) is 11.9. The van der Waals surface area contributed by atoms with Crippen LogP contribution in [0.25, 0.3) is 0 Å². The fourth-order valence-corrected chi connectivity index (χ4v) is 5.29. The Kier molecular flexibility index (Phi) is 33.5. The number of hydrogen-bond donors (Lipinski definition) is 1. The molecule has 0 saturated heterocycles. The van der Waals surface area contributed by atoms with Gasteiger partial charge in [-0.3, -0.25) is 18.6 Å². The summed E-state index contributed by atoms with van der Waals surface area (Å²) in [4.78, 5) is 34.5. The number of carbonyl (C=O) groups is 2. The van der Waals surface area contributed by atoms with Crippen molar-refractivity contribution in [3.8, 4) is 0 Å². The van der Waals surface area contributed by atoms with Gasteiger partial charge >= 0.3 is 19.8 Å². The van der Waals surface area contributed by atoms with E-state index in [4.69, 9.17) is 18.5 Å². The van der Waals surface area contributed by atoms with E-state index in [2.05, 4.69) is 86.8 Å². The summed E-state index contributed by atoms with van der Waals surface area (Å²) in [5, 5.41) is 0. The Morgan fingerprint density at radius 1 is 0.571 bits per heavy atom. The lowest BCUT2D eigenvalue weighted by atomic mass is 10.1. The van der Waals surface area contributed by atoms with E-state index in [-0.39, 0.29) is 26.1 Å². The topological polar surface area (TPSA) is 108 Å². The quantitative estimate of drug-likeness (QED) is 0.0311. The Morgan fingerprint density at radius 2 is 1.04 bits per heavy atom. The average Bonchev–Trinajstić information content (AvgIpc) is 3.07. The minimum absolute atomic E-state index is 0.0115. The molecule has 49 heavy (non-hydrogen) atoms. The molecule has 0 aromatic heterocycles. The molecule has 0 saturated carbocycles. The molecule has 0 heterocycles. The van der Waals surface area contributed by atoms with Gasteiger partial charge in [0.1, 0.15) is 6.61 Å². The normalized spacial score (nSPS) is 14.3. The van der Waals surface area contributed by atoms with Crippen molar-refractivity contribution in [3.05, 3.63) is 72.9 Å². The van der Waals surface area contributed by atoms with E-state index in [1.165, 1.54) is 6.42 Å². The van der Waals surface area contributed by atoms with E-state index in [0.717, 1.165) is 96.3 Å². The molecule has 0 aliphatic rings. The first-order valence-corrected chi connectivity index (χ1v) is 20.2. The van der Waals surface area contributed by atoms with Crippen LogP contribution in [0.5, 0.6) is 0 Å². The molecular formula is C40H67O8P. The van der Waals surface area contributed by atoms with E-state index in [9.17, 15) is 19.0 Å². The molecule has 0 aliphatic carbocycles.